The summed E-state index contributed by atoms with van der Waals surface area (Å²) in [7, 11) is -3.94. The molecule has 2 aromatic carbocycles. The van der Waals surface area contributed by atoms with Crippen LogP contribution in [0.15, 0.2) is 84.1 Å². The Labute approximate surface area is 208 Å². The van der Waals surface area contributed by atoms with Gasteiger partial charge in [-0.1, -0.05) is 18.2 Å². The monoisotopic (exact) mass is 499 g/mol. The number of pyridine rings is 1. The van der Waals surface area contributed by atoms with Crippen molar-refractivity contribution in [2.24, 2.45) is 0 Å². The summed E-state index contributed by atoms with van der Waals surface area (Å²) in [6.07, 6.45) is 4.71. The van der Waals surface area contributed by atoms with Gasteiger partial charge in [0.25, 0.3) is 10.0 Å². The second kappa shape index (κ2) is 8.89. The second-order valence-corrected chi connectivity index (χ2v) is 10.6. The van der Waals surface area contributed by atoms with Crippen molar-refractivity contribution in [1.29, 1.82) is 0 Å². The van der Waals surface area contributed by atoms with E-state index in [-0.39, 0.29) is 4.90 Å². The van der Waals surface area contributed by atoms with Crippen LogP contribution in [0.1, 0.15) is 6.92 Å². The number of piperazine rings is 1. The minimum Gasteiger partial charge on any atom is -0.366 e. The maximum atomic E-state index is 13.6. The molecule has 0 bridgehead atoms. The van der Waals surface area contributed by atoms with Gasteiger partial charge < -0.3 is 15.5 Å². The van der Waals surface area contributed by atoms with Gasteiger partial charge in [0.05, 0.1) is 5.52 Å². The van der Waals surface area contributed by atoms with Crippen molar-refractivity contribution in [2.75, 3.05) is 29.9 Å². The Morgan fingerprint density at radius 2 is 1.83 bits per heavy atom. The summed E-state index contributed by atoms with van der Waals surface area (Å²) in [5.74, 6) is 0.317. The van der Waals surface area contributed by atoms with Crippen molar-refractivity contribution < 1.29 is 8.42 Å². The molecule has 0 saturated carbocycles. The highest BCUT2D eigenvalue weighted by Gasteiger charge is 2.23. The highest BCUT2D eigenvalue weighted by atomic mass is 32.2. The first kappa shape index (κ1) is 22.4. The molecule has 0 aliphatic carbocycles. The first-order valence-corrected chi connectivity index (χ1v) is 13.2. The van der Waals surface area contributed by atoms with Gasteiger partial charge >= 0.3 is 0 Å². The second-order valence-electron chi connectivity index (χ2n) is 8.84. The third kappa shape index (κ3) is 3.94. The minimum atomic E-state index is -3.94. The number of hydrogen-bond acceptors (Lipinski definition) is 8. The van der Waals surface area contributed by atoms with Gasteiger partial charge in [-0.3, -0.25) is 4.98 Å². The van der Waals surface area contributed by atoms with Gasteiger partial charge in [0.15, 0.2) is 5.65 Å². The highest BCUT2D eigenvalue weighted by Crippen LogP contribution is 2.27. The van der Waals surface area contributed by atoms with Crippen molar-refractivity contribution in [3.05, 3.63) is 79.3 Å². The van der Waals surface area contributed by atoms with Crippen molar-refractivity contribution in [2.45, 2.75) is 17.9 Å². The van der Waals surface area contributed by atoms with E-state index in [0.717, 1.165) is 36.4 Å². The summed E-state index contributed by atoms with van der Waals surface area (Å²) in [5, 5.41) is 7.99. The van der Waals surface area contributed by atoms with Gasteiger partial charge in [-0.2, -0.15) is 4.98 Å². The molecule has 36 heavy (non-hydrogen) atoms. The van der Waals surface area contributed by atoms with E-state index in [0.29, 0.717) is 28.5 Å². The molecule has 5 aromatic rings. The van der Waals surface area contributed by atoms with E-state index in [2.05, 4.69) is 49.5 Å². The summed E-state index contributed by atoms with van der Waals surface area (Å²) >= 11 is 0. The van der Waals surface area contributed by atoms with E-state index < -0.39 is 10.0 Å². The van der Waals surface area contributed by atoms with Crippen LogP contribution >= 0.6 is 0 Å². The normalized spacial score (nSPS) is 16.5. The highest BCUT2D eigenvalue weighted by molar-refractivity contribution is 7.90. The molecule has 1 aliphatic rings. The van der Waals surface area contributed by atoms with Crippen LogP contribution in [0.2, 0.25) is 0 Å². The Kier molecular flexibility index (Phi) is 5.54. The van der Waals surface area contributed by atoms with Gasteiger partial charge in [0, 0.05) is 66.4 Å². The molecule has 4 heterocycles. The Morgan fingerprint density at radius 3 is 2.67 bits per heavy atom. The average Bonchev–Trinajstić information content (AvgIpc) is 3.33. The zero-order valence-electron chi connectivity index (χ0n) is 19.7. The molecular weight excluding hydrogens is 474 g/mol. The molecule has 1 saturated heterocycles. The Balaban J connectivity index is 1.32. The molecule has 10 heteroatoms. The fourth-order valence-electron chi connectivity index (χ4n) is 4.63. The van der Waals surface area contributed by atoms with Crippen LogP contribution in [0.3, 0.4) is 0 Å². The SMILES string of the molecule is C[C@H]1CNCCN1c1ccc(Nc2ncc3ccn(S(=O)(=O)c4cccc5cccnc45)c3n2)cc1. The topological polar surface area (TPSA) is 105 Å². The van der Waals surface area contributed by atoms with Crippen molar-refractivity contribution >= 4 is 49.3 Å². The predicted molar refractivity (Wildman–Crippen MR) is 141 cm³/mol. The van der Waals surface area contributed by atoms with Crippen molar-refractivity contribution in [3.8, 4) is 0 Å². The summed E-state index contributed by atoms with van der Waals surface area (Å²) < 4.78 is 28.5. The van der Waals surface area contributed by atoms with E-state index in [1.54, 1.807) is 36.7 Å². The largest absolute Gasteiger partial charge is 0.366 e. The lowest BCUT2D eigenvalue weighted by molar-refractivity contribution is 0.501. The lowest BCUT2D eigenvalue weighted by atomic mass is 10.1. The molecule has 3 aromatic heterocycles. The molecule has 182 valence electrons. The lowest BCUT2D eigenvalue weighted by Gasteiger charge is -2.36. The number of para-hydroxylation sites is 1. The fraction of sp³-hybridized carbons (Fsp3) is 0.192. The maximum Gasteiger partial charge on any atom is 0.271 e. The number of aromatic nitrogens is 4. The molecule has 1 fully saturated rings. The van der Waals surface area contributed by atoms with Crippen LogP contribution in [-0.2, 0) is 10.0 Å². The van der Waals surface area contributed by atoms with Crippen molar-refractivity contribution in [1.82, 2.24) is 24.2 Å². The van der Waals surface area contributed by atoms with Gasteiger partial charge in [0.2, 0.25) is 5.95 Å². The summed E-state index contributed by atoms with van der Waals surface area (Å²) in [5.41, 5.74) is 2.70. The molecule has 0 unspecified atom stereocenters. The van der Waals surface area contributed by atoms with Crippen LogP contribution in [0, 0.1) is 0 Å². The van der Waals surface area contributed by atoms with Crippen LogP contribution in [0.4, 0.5) is 17.3 Å². The number of rotatable bonds is 5. The third-order valence-electron chi connectivity index (χ3n) is 6.48. The molecule has 0 radical (unpaired) electrons. The number of benzene rings is 2. The molecule has 6 rings (SSSR count). The van der Waals surface area contributed by atoms with E-state index in [4.69, 9.17) is 0 Å². The number of nitrogens with one attached hydrogen (secondary N) is 2. The van der Waals surface area contributed by atoms with Crippen LogP contribution < -0.4 is 15.5 Å². The minimum absolute atomic E-state index is 0.129. The first-order chi connectivity index (χ1) is 17.5. The molecule has 2 N–H and O–H groups in total. The zero-order valence-corrected chi connectivity index (χ0v) is 20.5. The number of anilines is 3. The molecule has 0 amide bonds. The predicted octanol–water partition coefficient (Wildman–Crippen LogP) is 3.76. The van der Waals surface area contributed by atoms with E-state index >= 15 is 0 Å². The van der Waals surface area contributed by atoms with Gasteiger partial charge in [0.1, 0.15) is 4.90 Å². The number of hydrogen-bond donors (Lipinski definition) is 2. The maximum absolute atomic E-state index is 13.6. The first-order valence-electron chi connectivity index (χ1n) is 11.8. The van der Waals surface area contributed by atoms with Crippen LogP contribution in [0.5, 0.6) is 0 Å². The van der Waals surface area contributed by atoms with Gasteiger partial charge in [-0.05, 0) is 49.4 Å². The molecule has 1 aliphatic heterocycles. The van der Waals surface area contributed by atoms with E-state index in [1.165, 1.54) is 10.2 Å². The van der Waals surface area contributed by atoms with E-state index in [1.807, 2.05) is 24.3 Å². The average molecular weight is 500 g/mol. The third-order valence-corrected chi connectivity index (χ3v) is 8.18. The van der Waals surface area contributed by atoms with Crippen LogP contribution in [-0.4, -0.2) is 53.0 Å². The Bertz CT molecular complexity index is 1660. The fourth-order valence-corrected chi connectivity index (χ4v) is 6.10. The smallest absolute Gasteiger partial charge is 0.271 e. The Hall–Kier alpha value is -4.02. The molecule has 1 atom stereocenters. The summed E-state index contributed by atoms with van der Waals surface area (Å²) in [6.45, 7) is 5.10. The zero-order chi connectivity index (χ0) is 24.7. The van der Waals surface area contributed by atoms with E-state index in [9.17, 15) is 8.42 Å². The van der Waals surface area contributed by atoms with Crippen molar-refractivity contribution in [3.63, 3.8) is 0 Å². The quantitative estimate of drug-likeness (QED) is 0.377. The van der Waals surface area contributed by atoms with Gasteiger partial charge in [-0.15, -0.1) is 0 Å². The molecule has 9 nitrogen and oxygen atoms in total. The molecule has 0 spiro atoms. The number of fused-ring (bicyclic) bond motifs is 2. The summed E-state index contributed by atoms with van der Waals surface area (Å²) in [6, 6.07) is 19.0. The lowest BCUT2D eigenvalue weighted by Crippen LogP contribution is -2.49. The Morgan fingerprint density at radius 1 is 1.00 bits per heavy atom. The number of nitrogens with zero attached hydrogens (tertiary/aromatic N) is 5. The summed E-state index contributed by atoms with van der Waals surface area (Å²) in [4.78, 5) is 15.8. The van der Waals surface area contributed by atoms with Gasteiger partial charge in [-0.25, -0.2) is 17.4 Å². The van der Waals surface area contributed by atoms with Crippen LogP contribution in [0.25, 0.3) is 21.9 Å². The standard InChI is InChI=1S/C26H25N7O2S/c1-18-16-27-13-15-32(18)22-9-7-21(8-10-22)30-26-29-17-20-11-14-33(25(20)31-26)36(34,35)23-6-2-4-19-5-3-12-28-24(19)23/h2-12,14,17-18,27H,13,15-16H2,1H3,(H,29,30,31)/t18-/m0/s1. The molecular formula is C26H25N7O2S.